The van der Waals surface area contributed by atoms with Gasteiger partial charge in [0.1, 0.15) is 5.75 Å². The summed E-state index contributed by atoms with van der Waals surface area (Å²) in [5.41, 5.74) is 1.18. The molecule has 94 valence electrons. The van der Waals surface area contributed by atoms with E-state index in [0.29, 0.717) is 5.02 Å². The molecular formula is C14H20ClNO. The molecular weight excluding hydrogens is 234 g/mol. The minimum Gasteiger partial charge on any atom is -0.506 e. The number of piperidine rings is 1. The maximum absolute atomic E-state index is 9.38. The molecule has 1 saturated heterocycles. The number of aromatic hydroxyl groups is 1. The zero-order chi connectivity index (χ0) is 12.4. The van der Waals surface area contributed by atoms with E-state index in [0.717, 1.165) is 31.5 Å². The van der Waals surface area contributed by atoms with Crippen molar-refractivity contribution in [2.24, 2.45) is 11.8 Å². The van der Waals surface area contributed by atoms with Crippen LogP contribution >= 0.6 is 11.6 Å². The standard InChI is InChI=1S/C14H20ClNO/c1-10-5-6-16(8-11(10)2)9-12-3-4-14(17)13(15)7-12/h3-4,7,10-11,17H,5-6,8-9H2,1-2H3. The lowest BCUT2D eigenvalue weighted by atomic mass is 9.88. The Hall–Kier alpha value is -0.730. The molecule has 0 saturated carbocycles. The van der Waals surface area contributed by atoms with Crippen molar-refractivity contribution in [3.05, 3.63) is 28.8 Å². The third kappa shape index (κ3) is 3.14. The molecule has 1 N–H and O–H groups in total. The van der Waals surface area contributed by atoms with Crippen molar-refractivity contribution in [2.75, 3.05) is 13.1 Å². The fourth-order valence-corrected chi connectivity index (χ4v) is 2.60. The highest BCUT2D eigenvalue weighted by Crippen LogP contribution is 2.27. The van der Waals surface area contributed by atoms with Gasteiger partial charge < -0.3 is 5.11 Å². The fraction of sp³-hybridized carbons (Fsp3) is 0.571. The second kappa shape index (κ2) is 5.28. The van der Waals surface area contributed by atoms with E-state index in [-0.39, 0.29) is 5.75 Å². The lowest BCUT2D eigenvalue weighted by molar-refractivity contribution is 0.132. The average molecular weight is 254 g/mol. The van der Waals surface area contributed by atoms with E-state index in [2.05, 4.69) is 18.7 Å². The number of phenolic OH excluding ortho intramolecular Hbond substituents is 1. The summed E-state index contributed by atoms with van der Waals surface area (Å²) < 4.78 is 0. The minimum absolute atomic E-state index is 0.163. The van der Waals surface area contributed by atoms with E-state index in [1.807, 2.05) is 12.1 Å². The number of hydrogen-bond donors (Lipinski definition) is 1. The van der Waals surface area contributed by atoms with Gasteiger partial charge in [0.15, 0.2) is 0 Å². The van der Waals surface area contributed by atoms with Gasteiger partial charge in [0.05, 0.1) is 5.02 Å². The van der Waals surface area contributed by atoms with Crippen molar-refractivity contribution >= 4 is 11.6 Å². The SMILES string of the molecule is CC1CCN(Cc2ccc(O)c(Cl)c2)CC1C. The highest BCUT2D eigenvalue weighted by molar-refractivity contribution is 6.32. The Morgan fingerprint density at radius 1 is 1.35 bits per heavy atom. The second-order valence-electron chi connectivity index (χ2n) is 5.26. The first-order valence-corrected chi connectivity index (χ1v) is 6.64. The Morgan fingerprint density at radius 3 is 2.76 bits per heavy atom. The molecule has 2 nitrogen and oxygen atoms in total. The Balaban J connectivity index is 1.99. The highest BCUT2D eigenvalue weighted by Gasteiger charge is 2.22. The zero-order valence-electron chi connectivity index (χ0n) is 10.5. The van der Waals surface area contributed by atoms with E-state index in [4.69, 9.17) is 11.6 Å². The molecule has 0 aromatic heterocycles. The molecule has 1 fully saturated rings. The van der Waals surface area contributed by atoms with Gasteiger partial charge in [-0.05, 0) is 42.5 Å². The summed E-state index contributed by atoms with van der Waals surface area (Å²) in [7, 11) is 0. The maximum atomic E-state index is 9.38. The molecule has 2 rings (SSSR count). The van der Waals surface area contributed by atoms with Crippen LogP contribution in [0.25, 0.3) is 0 Å². The van der Waals surface area contributed by atoms with Crippen molar-refractivity contribution in [3.8, 4) is 5.75 Å². The van der Waals surface area contributed by atoms with Crippen LogP contribution in [-0.2, 0) is 6.54 Å². The number of hydrogen-bond acceptors (Lipinski definition) is 2. The topological polar surface area (TPSA) is 23.5 Å². The van der Waals surface area contributed by atoms with E-state index >= 15 is 0 Å². The van der Waals surface area contributed by atoms with Crippen LogP contribution in [0.2, 0.25) is 5.02 Å². The van der Waals surface area contributed by atoms with Crippen LogP contribution in [0.4, 0.5) is 0 Å². The van der Waals surface area contributed by atoms with Crippen LogP contribution in [0.3, 0.4) is 0 Å². The molecule has 0 aliphatic carbocycles. The quantitative estimate of drug-likeness (QED) is 0.872. The van der Waals surface area contributed by atoms with Crippen LogP contribution in [0, 0.1) is 11.8 Å². The van der Waals surface area contributed by atoms with E-state index in [1.165, 1.54) is 12.0 Å². The normalized spacial score (nSPS) is 26.1. The van der Waals surface area contributed by atoms with Crippen molar-refractivity contribution in [1.29, 1.82) is 0 Å². The minimum atomic E-state index is 0.163. The smallest absolute Gasteiger partial charge is 0.134 e. The van der Waals surface area contributed by atoms with E-state index in [1.54, 1.807) is 6.07 Å². The fourth-order valence-electron chi connectivity index (χ4n) is 2.40. The van der Waals surface area contributed by atoms with Gasteiger partial charge in [0.2, 0.25) is 0 Å². The van der Waals surface area contributed by atoms with Crippen molar-refractivity contribution in [3.63, 3.8) is 0 Å². The van der Waals surface area contributed by atoms with Gasteiger partial charge in [-0.25, -0.2) is 0 Å². The van der Waals surface area contributed by atoms with Crippen molar-refractivity contribution in [1.82, 2.24) is 4.90 Å². The summed E-state index contributed by atoms with van der Waals surface area (Å²) in [6.45, 7) is 7.89. The van der Waals surface area contributed by atoms with Gasteiger partial charge >= 0.3 is 0 Å². The van der Waals surface area contributed by atoms with Crippen LogP contribution < -0.4 is 0 Å². The van der Waals surface area contributed by atoms with Crippen molar-refractivity contribution < 1.29 is 5.11 Å². The lowest BCUT2D eigenvalue weighted by Gasteiger charge is -2.35. The Bertz CT molecular complexity index is 394. The third-order valence-corrected chi connectivity index (χ3v) is 4.14. The predicted octanol–water partition coefficient (Wildman–Crippen LogP) is 3.52. The van der Waals surface area contributed by atoms with Gasteiger partial charge in [-0.1, -0.05) is 31.5 Å². The number of benzene rings is 1. The monoisotopic (exact) mass is 253 g/mol. The zero-order valence-corrected chi connectivity index (χ0v) is 11.2. The number of halogens is 1. The molecule has 1 aromatic carbocycles. The van der Waals surface area contributed by atoms with E-state index < -0.39 is 0 Å². The molecule has 3 heteroatoms. The summed E-state index contributed by atoms with van der Waals surface area (Å²) in [6.07, 6.45) is 1.27. The molecule has 0 bridgehead atoms. The molecule has 17 heavy (non-hydrogen) atoms. The van der Waals surface area contributed by atoms with Gasteiger partial charge in [-0.15, -0.1) is 0 Å². The van der Waals surface area contributed by atoms with Crippen LogP contribution in [0.15, 0.2) is 18.2 Å². The Morgan fingerprint density at radius 2 is 2.12 bits per heavy atom. The van der Waals surface area contributed by atoms with E-state index in [9.17, 15) is 5.11 Å². The summed E-state index contributed by atoms with van der Waals surface area (Å²) in [6, 6.07) is 5.48. The second-order valence-corrected chi connectivity index (χ2v) is 5.67. The van der Waals surface area contributed by atoms with Crippen LogP contribution in [0.5, 0.6) is 5.75 Å². The highest BCUT2D eigenvalue weighted by atomic mass is 35.5. The molecule has 1 heterocycles. The number of rotatable bonds is 2. The predicted molar refractivity (Wildman–Crippen MR) is 71.3 cm³/mol. The molecule has 1 aliphatic heterocycles. The summed E-state index contributed by atoms with van der Waals surface area (Å²) in [4.78, 5) is 2.47. The Labute approximate surface area is 108 Å². The summed E-state index contributed by atoms with van der Waals surface area (Å²) in [5, 5.41) is 9.83. The first kappa shape index (κ1) is 12.7. The van der Waals surface area contributed by atoms with Gasteiger partial charge in [0, 0.05) is 13.1 Å². The largest absolute Gasteiger partial charge is 0.506 e. The molecule has 2 atom stereocenters. The Kier molecular flexibility index (Phi) is 3.95. The summed E-state index contributed by atoms with van der Waals surface area (Å²) in [5.74, 6) is 1.75. The molecule has 2 unspecified atom stereocenters. The van der Waals surface area contributed by atoms with Crippen LogP contribution in [-0.4, -0.2) is 23.1 Å². The van der Waals surface area contributed by atoms with Gasteiger partial charge in [-0.2, -0.15) is 0 Å². The average Bonchev–Trinajstić information content (AvgIpc) is 2.29. The molecule has 1 aromatic rings. The molecule has 0 radical (unpaired) electrons. The molecule has 0 spiro atoms. The molecule has 0 amide bonds. The van der Waals surface area contributed by atoms with Gasteiger partial charge in [0.25, 0.3) is 0 Å². The number of phenols is 1. The first-order chi connectivity index (χ1) is 8.06. The third-order valence-electron chi connectivity index (χ3n) is 3.84. The van der Waals surface area contributed by atoms with Crippen molar-refractivity contribution in [2.45, 2.75) is 26.8 Å². The van der Waals surface area contributed by atoms with Gasteiger partial charge in [-0.3, -0.25) is 4.90 Å². The van der Waals surface area contributed by atoms with Crippen LogP contribution in [0.1, 0.15) is 25.8 Å². The number of nitrogens with zero attached hydrogens (tertiary/aromatic N) is 1. The lowest BCUT2D eigenvalue weighted by Crippen LogP contribution is -2.37. The molecule has 1 aliphatic rings. The maximum Gasteiger partial charge on any atom is 0.134 e. The summed E-state index contributed by atoms with van der Waals surface area (Å²) >= 11 is 5.91. The number of likely N-dealkylation sites (tertiary alicyclic amines) is 1. The first-order valence-electron chi connectivity index (χ1n) is 6.26.